The number of hydrogen-bond acceptors (Lipinski definition) is 5. The minimum Gasteiger partial charge on any atom is -0.284 e. The summed E-state index contributed by atoms with van der Waals surface area (Å²) in [5.74, 6) is -2.55. The number of nitrogens with zero attached hydrogens (tertiary/aromatic N) is 2. The van der Waals surface area contributed by atoms with Crippen LogP contribution in [0.25, 0.3) is 0 Å². The zero-order valence-electron chi connectivity index (χ0n) is 13.1. The number of hydrogen-bond donors (Lipinski definition) is 0. The molecule has 0 unspecified atom stereocenters. The van der Waals surface area contributed by atoms with Gasteiger partial charge in [0.1, 0.15) is 0 Å². The highest BCUT2D eigenvalue weighted by Crippen LogP contribution is 2.32. The Labute approximate surface area is 137 Å². The topological polar surface area (TPSA) is 91.8 Å². The molecule has 0 saturated heterocycles. The molecule has 0 aliphatic carbocycles. The van der Waals surface area contributed by atoms with Gasteiger partial charge in [-0.2, -0.15) is 13.2 Å². The molecule has 0 heterocycles. The van der Waals surface area contributed by atoms with E-state index in [1.807, 2.05) is 0 Å². The Balaban J connectivity index is 4.01. The Morgan fingerprint density at radius 3 is 1.46 bits per heavy atom. The van der Waals surface area contributed by atoms with Gasteiger partial charge in [-0.3, -0.25) is 4.79 Å². The molecule has 1 rings (SSSR count). The molecule has 0 atom stereocenters. The van der Waals surface area contributed by atoms with E-state index >= 15 is 0 Å². The smallest absolute Gasteiger partial charge is 0.284 e. The number of Topliss-reactive ketones (excluding diaryl/α,β-unsaturated/α-hetero) is 1. The maximum atomic E-state index is 12.9. The lowest BCUT2D eigenvalue weighted by Crippen LogP contribution is -2.32. The Kier molecular flexibility index (Phi) is 5.50. The largest absolute Gasteiger partial charge is 0.454 e. The van der Waals surface area contributed by atoms with Gasteiger partial charge >= 0.3 is 6.18 Å². The number of sulfonamides is 2. The van der Waals surface area contributed by atoms with Gasteiger partial charge in [-0.25, -0.2) is 25.4 Å². The Hall–Kier alpha value is -1.50. The second kappa shape index (κ2) is 6.43. The average molecular weight is 388 g/mol. The van der Waals surface area contributed by atoms with Crippen molar-refractivity contribution in [2.75, 3.05) is 28.2 Å². The summed E-state index contributed by atoms with van der Waals surface area (Å²) < 4.78 is 88.8. The highest BCUT2D eigenvalue weighted by Gasteiger charge is 2.45. The van der Waals surface area contributed by atoms with E-state index in [2.05, 4.69) is 0 Å². The van der Waals surface area contributed by atoms with E-state index in [0.717, 1.165) is 46.4 Å². The molecule has 0 fully saturated rings. The molecule has 0 N–H and O–H groups in total. The Morgan fingerprint density at radius 2 is 1.21 bits per heavy atom. The number of halogens is 3. The molecule has 1 aromatic carbocycles. The maximum absolute atomic E-state index is 12.9. The molecule has 0 radical (unpaired) electrons. The lowest BCUT2D eigenvalue weighted by Gasteiger charge is -2.20. The summed E-state index contributed by atoms with van der Waals surface area (Å²) in [4.78, 5) is 9.70. The number of alkyl halides is 3. The Bertz CT molecular complexity index is 803. The second-order valence-electron chi connectivity index (χ2n) is 5.03. The standard InChI is InChI=1S/C12H15F3N2O5S2/c1-16(2)23(19,20)8-6-5-7-9(24(21,22)17(3)4)10(8)11(18)12(13,14)15/h5-7H,1-4H3. The van der Waals surface area contributed by atoms with Gasteiger partial charge in [-0.1, -0.05) is 6.07 Å². The molecule has 0 aliphatic heterocycles. The highest BCUT2D eigenvalue weighted by molar-refractivity contribution is 7.90. The molecular formula is C12H15F3N2O5S2. The molecule has 0 spiro atoms. The van der Waals surface area contributed by atoms with Gasteiger partial charge < -0.3 is 0 Å². The van der Waals surface area contributed by atoms with E-state index < -0.39 is 47.4 Å². The third-order valence-corrected chi connectivity index (χ3v) is 6.70. The summed E-state index contributed by atoms with van der Waals surface area (Å²) in [6.45, 7) is 0. The molecule has 0 bridgehead atoms. The van der Waals surface area contributed by atoms with Crippen molar-refractivity contribution in [1.82, 2.24) is 8.61 Å². The lowest BCUT2D eigenvalue weighted by atomic mass is 10.1. The van der Waals surface area contributed by atoms with Crippen molar-refractivity contribution in [3.05, 3.63) is 23.8 Å². The number of ketones is 1. The van der Waals surface area contributed by atoms with Crippen molar-refractivity contribution in [1.29, 1.82) is 0 Å². The first-order valence-corrected chi connectivity index (χ1v) is 9.12. The molecule has 0 saturated carbocycles. The van der Waals surface area contributed by atoms with Crippen LogP contribution in [0.4, 0.5) is 13.2 Å². The van der Waals surface area contributed by atoms with Crippen LogP contribution in [-0.4, -0.2) is 65.6 Å². The van der Waals surface area contributed by atoms with E-state index in [1.54, 1.807) is 0 Å². The van der Waals surface area contributed by atoms with Gasteiger partial charge in [0.05, 0.1) is 15.4 Å². The predicted octanol–water partition coefficient (Wildman–Crippen LogP) is 0.932. The van der Waals surface area contributed by atoms with Crippen LogP contribution in [0.5, 0.6) is 0 Å². The van der Waals surface area contributed by atoms with Crippen molar-refractivity contribution in [2.24, 2.45) is 0 Å². The fourth-order valence-corrected chi connectivity index (χ4v) is 3.97. The van der Waals surface area contributed by atoms with Crippen LogP contribution in [-0.2, 0) is 20.0 Å². The van der Waals surface area contributed by atoms with E-state index in [9.17, 15) is 34.8 Å². The van der Waals surface area contributed by atoms with Crippen molar-refractivity contribution < 1.29 is 34.8 Å². The molecule has 24 heavy (non-hydrogen) atoms. The van der Waals surface area contributed by atoms with Crippen LogP contribution >= 0.6 is 0 Å². The van der Waals surface area contributed by atoms with Crippen molar-refractivity contribution in [3.63, 3.8) is 0 Å². The first-order chi connectivity index (χ1) is 10.6. The minimum atomic E-state index is -5.45. The molecular weight excluding hydrogens is 373 g/mol. The van der Waals surface area contributed by atoms with Crippen molar-refractivity contribution in [3.8, 4) is 0 Å². The van der Waals surface area contributed by atoms with Crippen LogP contribution in [0.1, 0.15) is 10.4 Å². The van der Waals surface area contributed by atoms with Gasteiger partial charge in [0.15, 0.2) is 0 Å². The number of benzene rings is 1. The Morgan fingerprint density at radius 1 is 0.875 bits per heavy atom. The molecule has 0 aromatic heterocycles. The van der Waals surface area contributed by atoms with Crippen LogP contribution < -0.4 is 0 Å². The minimum absolute atomic E-state index is 0.585. The summed E-state index contributed by atoms with van der Waals surface area (Å²) in [5.41, 5.74) is -1.42. The molecule has 136 valence electrons. The number of carbonyl (C=O) groups excluding carboxylic acids is 1. The van der Waals surface area contributed by atoms with Crippen molar-refractivity contribution in [2.45, 2.75) is 16.0 Å². The van der Waals surface area contributed by atoms with E-state index in [0.29, 0.717) is 8.61 Å². The van der Waals surface area contributed by atoms with Gasteiger partial charge in [-0.05, 0) is 12.1 Å². The third-order valence-electron chi connectivity index (χ3n) is 2.99. The summed E-state index contributed by atoms with van der Waals surface area (Å²) in [7, 11) is -4.80. The number of carbonyl (C=O) groups is 1. The normalized spacial score (nSPS) is 13.5. The van der Waals surface area contributed by atoms with Gasteiger partial charge in [0.25, 0.3) is 5.78 Å². The van der Waals surface area contributed by atoms with Gasteiger partial charge in [0, 0.05) is 28.2 Å². The monoisotopic (exact) mass is 388 g/mol. The van der Waals surface area contributed by atoms with Crippen molar-refractivity contribution >= 4 is 25.8 Å². The summed E-state index contributed by atoms with van der Waals surface area (Å²) in [6.07, 6.45) is -5.45. The van der Waals surface area contributed by atoms with Gasteiger partial charge in [0.2, 0.25) is 20.0 Å². The predicted molar refractivity (Wildman–Crippen MR) is 78.6 cm³/mol. The lowest BCUT2D eigenvalue weighted by molar-refractivity contribution is -0.0889. The van der Waals surface area contributed by atoms with Gasteiger partial charge in [-0.15, -0.1) is 0 Å². The summed E-state index contributed by atoms with van der Waals surface area (Å²) in [5, 5.41) is 0. The third kappa shape index (κ3) is 3.61. The summed E-state index contributed by atoms with van der Waals surface area (Å²) in [6, 6.07) is 2.46. The van der Waals surface area contributed by atoms with E-state index in [-0.39, 0.29) is 0 Å². The first kappa shape index (κ1) is 20.5. The van der Waals surface area contributed by atoms with E-state index in [4.69, 9.17) is 0 Å². The zero-order valence-corrected chi connectivity index (χ0v) is 14.8. The van der Waals surface area contributed by atoms with Crippen LogP contribution in [0, 0.1) is 0 Å². The molecule has 0 amide bonds. The number of rotatable bonds is 5. The quantitative estimate of drug-likeness (QED) is 0.700. The molecule has 12 heteroatoms. The average Bonchev–Trinajstić information content (AvgIpc) is 2.44. The molecule has 7 nitrogen and oxygen atoms in total. The van der Waals surface area contributed by atoms with Crippen LogP contribution in [0.2, 0.25) is 0 Å². The first-order valence-electron chi connectivity index (χ1n) is 6.24. The highest BCUT2D eigenvalue weighted by atomic mass is 32.2. The second-order valence-corrected chi connectivity index (χ2v) is 9.27. The van der Waals surface area contributed by atoms with E-state index in [1.165, 1.54) is 0 Å². The zero-order chi connectivity index (χ0) is 19.1. The molecule has 1 aromatic rings. The fourth-order valence-electron chi connectivity index (χ4n) is 1.70. The van der Waals surface area contributed by atoms with Crippen LogP contribution in [0.15, 0.2) is 28.0 Å². The summed E-state index contributed by atoms with van der Waals surface area (Å²) >= 11 is 0. The SMILES string of the molecule is CN(C)S(=O)(=O)c1cccc(S(=O)(=O)N(C)C)c1C(=O)C(F)(F)F. The fraction of sp³-hybridized carbons (Fsp3) is 0.417. The molecule has 0 aliphatic rings. The van der Waals surface area contributed by atoms with Crippen LogP contribution in [0.3, 0.4) is 0 Å². The maximum Gasteiger partial charge on any atom is 0.454 e.